The summed E-state index contributed by atoms with van der Waals surface area (Å²) in [5, 5.41) is 0.879. The molecule has 2 aromatic rings. The van der Waals surface area contributed by atoms with Gasteiger partial charge in [-0.25, -0.2) is 4.98 Å². The van der Waals surface area contributed by atoms with Crippen LogP contribution in [0.1, 0.15) is 5.56 Å². The molecule has 0 amide bonds. The monoisotopic (exact) mass is 270 g/mol. The minimum absolute atomic E-state index is 0.376. The number of hydrogen-bond donors (Lipinski definition) is 0. The summed E-state index contributed by atoms with van der Waals surface area (Å²) in [5.41, 5.74) is 2.15. The van der Waals surface area contributed by atoms with Crippen LogP contribution < -0.4 is 4.90 Å². The number of aromatic nitrogens is 1. The highest BCUT2D eigenvalue weighted by atomic mass is 32.1. The van der Waals surface area contributed by atoms with E-state index >= 15 is 0 Å². The van der Waals surface area contributed by atoms with Gasteiger partial charge < -0.3 is 9.64 Å². The van der Waals surface area contributed by atoms with Gasteiger partial charge in [-0.3, -0.25) is 0 Å². The number of fused-ring (bicyclic) bond motifs is 1. The van der Waals surface area contributed by atoms with Crippen molar-refractivity contribution in [2.75, 3.05) is 18.0 Å². The van der Waals surface area contributed by atoms with E-state index in [1.807, 2.05) is 24.0 Å². The number of hydrogen-bond acceptors (Lipinski definition) is 4. The third kappa shape index (κ3) is 2.18. The maximum atomic E-state index is 12.0. The number of halogens is 2. The Bertz CT molecular complexity index is 566. The lowest BCUT2D eigenvalue weighted by Crippen LogP contribution is -2.52. The molecule has 0 bridgehead atoms. The molecule has 2 heterocycles. The van der Waals surface area contributed by atoms with Crippen LogP contribution in [0.4, 0.5) is 13.9 Å². The van der Waals surface area contributed by atoms with E-state index in [1.165, 1.54) is 5.56 Å². The quantitative estimate of drug-likeness (QED) is 0.857. The van der Waals surface area contributed by atoms with Crippen molar-refractivity contribution in [3.8, 4) is 0 Å². The van der Waals surface area contributed by atoms with Crippen LogP contribution in [-0.2, 0) is 4.74 Å². The molecule has 0 unspecified atom stereocenters. The Kier molecular flexibility index (Phi) is 2.91. The van der Waals surface area contributed by atoms with Crippen LogP contribution in [0.25, 0.3) is 10.2 Å². The molecule has 0 radical (unpaired) electrons. The summed E-state index contributed by atoms with van der Waals surface area (Å²) in [6, 6.07) is 6.09. The Morgan fingerprint density at radius 1 is 1.44 bits per heavy atom. The Hall–Kier alpha value is -1.27. The van der Waals surface area contributed by atoms with E-state index in [4.69, 9.17) is 0 Å². The van der Waals surface area contributed by atoms with E-state index in [0.29, 0.717) is 13.1 Å². The Morgan fingerprint density at radius 3 is 2.94 bits per heavy atom. The van der Waals surface area contributed by atoms with Gasteiger partial charge in [-0.15, -0.1) is 0 Å². The molecule has 3 rings (SSSR count). The van der Waals surface area contributed by atoms with Gasteiger partial charge in [-0.1, -0.05) is 17.4 Å². The van der Waals surface area contributed by atoms with Gasteiger partial charge in [0.25, 0.3) is 0 Å². The van der Waals surface area contributed by atoms with Crippen molar-refractivity contribution in [2.24, 2.45) is 0 Å². The number of rotatable bonds is 3. The number of ether oxygens (including phenoxy) is 1. The van der Waals surface area contributed by atoms with Crippen LogP contribution in [0, 0.1) is 6.92 Å². The zero-order valence-corrected chi connectivity index (χ0v) is 10.6. The number of benzene rings is 1. The molecule has 1 aromatic carbocycles. The smallest absolute Gasteiger partial charge is 0.343 e. The molecule has 1 saturated heterocycles. The minimum Gasteiger partial charge on any atom is -0.343 e. The van der Waals surface area contributed by atoms with Crippen molar-refractivity contribution in [1.29, 1.82) is 0 Å². The lowest BCUT2D eigenvalue weighted by molar-refractivity contribution is -0.167. The summed E-state index contributed by atoms with van der Waals surface area (Å²) in [4.78, 5) is 6.46. The summed E-state index contributed by atoms with van der Waals surface area (Å²) in [5.74, 6) is 0. The van der Waals surface area contributed by atoms with Crippen molar-refractivity contribution in [3.63, 3.8) is 0 Å². The maximum absolute atomic E-state index is 12.0. The molecule has 1 aromatic heterocycles. The molecular formula is C12H12F2N2OS. The molecule has 0 saturated carbocycles. The summed E-state index contributed by atoms with van der Waals surface area (Å²) < 4.78 is 29.5. The van der Waals surface area contributed by atoms with Gasteiger partial charge in [0.05, 0.1) is 16.3 Å². The normalized spacial score (nSPS) is 16.6. The van der Waals surface area contributed by atoms with Gasteiger partial charge in [0.15, 0.2) is 5.13 Å². The summed E-state index contributed by atoms with van der Waals surface area (Å²) in [6.07, 6.45) is -0.376. The van der Waals surface area contributed by atoms with Crippen molar-refractivity contribution in [3.05, 3.63) is 23.8 Å². The van der Waals surface area contributed by atoms with Crippen molar-refractivity contribution >= 4 is 26.7 Å². The highest BCUT2D eigenvalue weighted by molar-refractivity contribution is 7.22. The fourth-order valence-electron chi connectivity index (χ4n) is 1.98. The average molecular weight is 270 g/mol. The van der Waals surface area contributed by atoms with Gasteiger partial charge in [0.2, 0.25) is 0 Å². The molecule has 1 aliphatic rings. The molecule has 1 fully saturated rings. The molecule has 0 aliphatic carbocycles. The van der Waals surface area contributed by atoms with Gasteiger partial charge in [-0.2, -0.15) is 8.78 Å². The first-order chi connectivity index (χ1) is 8.61. The fourth-order valence-corrected chi connectivity index (χ4v) is 3.06. The molecule has 6 heteroatoms. The predicted octanol–water partition coefficient (Wildman–Crippen LogP) is 3.03. The van der Waals surface area contributed by atoms with E-state index in [2.05, 4.69) is 15.8 Å². The summed E-state index contributed by atoms with van der Waals surface area (Å²) in [6.45, 7) is 0.330. The number of thiazole rings is 1. The first kappa shape index (κ1) is 11.8. The van der Waals surface area contributed by atoms with Gasteiger partial charge in [0.1, 0.15) is 0 Å². The zero-order chi connectivity index (χ0) is 12.7. The van der Waals surface area contributed by atoms with E-state index in [1.54, 1.807) is 11.3 Å². The van der Waals surface area contributed by atoms with Crippen molar-refractivity contribution in [1.82, 2.24) is 4.98 Å². The van der Waals surface area contributed by atoms with Crippen LogP contribution in [0.15, 0.2) is 18.2 Å². The molecule has 0 spiro atoms. The highest BCUT2D eigenvalue weighted by Crippen LogP contribution is 2.32. The first-order valence-electron chi connectivity index (χ1n) is 5.67. The Labute approximate surface area is 107 Å². The third-order valence-corrected chi connectivity index (χ3v) is 4.03. The standard InChI is InChI=1S/C12H12F2N2OS/c1-7-2-3-9-10(4-7)18-12(15-9)16-5-8(6-16)17-11(13)14/h2-4,8,11H,5-6H2,1H3. The lowest BCUT2D eigenvalue weighted by Gasteiger charge is -2.38. The summed E-state index contributed by atoms with van der Waals surface area (Å²) >= 11 is 1.59. The number of anilines is 1. The second kappa shape index (κ2) is 4.44. The van der Waals surface area contributed by atoms with E-state index < -0.39 is 6.61 Å². The molecular weight excluding hydrogens is 258 g/mol. The van der Waals surface area contributed by atoms with Crippen LogP contribution >= 0.6 is 11.3 Å². The largest absolute Gasteiger partial charge is 0.345 e. The second-order valence-electron chi connectivity index (χ2n) is 4.39. The molecule has 0 atom stereocenters. The zero-order valence-electron chi connectivity index (χ0n) is 9.77. The molecule has 3 nitrogen and oxygen atoms in total. The number of nitrogens with zero attached hydrogens (tertiary/aromatic N) is 2. The lowest BCUT2D eigenvalue weighted by atomic mass is 10.2. The molecule has 1 aliphatic heterocycles. The molecule has 0 N–H and O–H groups in total. The van der Waals surface area contributed by atoms with Gasteiger partial charge >= 0.3 is 6.61 Å². The van der Waals surface area contributed by atoms with Crippen molar-refractivity contribution in [2.45, 2.75) is 19.6 Å². The van der Waals surface area contributed by atoms with Gasteiger partial charge in [0, 0.05) is 13.1 Å². The predicted molar refractivity (Wildman–Crippen MR) is 67.4 cm³/mol. The first-order valence-corrected chi connectivity index (χ1v) is 6.49. The summed E-state index contributed by atoms with van der Waals surface area (Å²) in [7, 11) is 0. The Morgan fingerprint density at radius 2 is 2.22 bits per heavy atom. The average Bonchev–Trinajstić information content (AvgIpc) is 2.64. The number of alkyl halides is 2. The molecule has 18 heavy (non-hydrogen) atoms. The van der Waals surface area contributed by atoms with E-state index in [-0.39, 0.29) is 6.10 Å². The van der Waals surface area contributed by atoms with Crippen LogP contribution in [0.2, 0.25) is 0 Å². The maximum Gasteiger partial charge on any atom is 0.345 e. The number of aryl methyl sites for hydroxylation is 1. The van der Waals surface area contributed by atoms with Crippen molar-refractivity contribution < 1.29 is 13.5 Å². The second-order valence-corrected chi connectivity index (χ2v) is 5.40. The van der Waals surface area contributed by atoms with E-state index in [9.17, 15) is 8.78 Å². The topological polar surface area (TPSA) is 25.4 Å². The van der Waals surface area contributed by atoms with E-state index in [0.717, 1.165) is 15.3 Å². The van der Waals surface area contributed by atoms with Gasteiger partial charge in [-0.05, 0) is 24.6 Å². The highest BCUT2D eigenvalue weighted by Gasteiger charge is 2.31. The molecule has 96 valence electrons. The van der Waals surface area contributed by atoms with Crippen LogP contribution in [0.3, 0.4) is 0 Å². The SMILES string of the molecule is Cc1ccc2nc(N3CC(OC(F)F)C3)sc2c1. The Balaban J connectivity index is 1.73. The fraction of sp³-hybridized carbons (Fsp3) is 0.417. The van der Waals surface area contributed by atoms with Crippen LogP contribution in [-0.4, -0.2) is 30.8 Å². The van der Waals surface area contributed by atoms with Crippen LogP contribution in [0.5, 0.6) is 0 Å². The third-order valence-electron chi connectivity index (χ3n) is 2.95. The minimum atomic E-state index is -2.69.